The van der Waals surface area contributed by atoms with E-state index in [0.29, 0.717) is 33.7 Å². The summed E-state index contributed by atoms with van der Waals surface area (Å²) in [5.41, 5.74) is 2.55. The molecule has 33 heavy (non-hydrogen) atoms. The maximum Gasteiger partial charge on any atom is 0.336 e. The van der Waals surface area contributed by atoms with Gasteiger partial charge in [0.25, 0.3) is 0 Å². The highest BCUT2D eigenvalue weighted by Crippen LogP contribution is 2.40. The third-order valence-corrected chi connectivity index (χ3v) is 4.86. The van der Waals surface area contributed by atoms with Crippen LogP contribution in [0.5, 0.6) is 0 Å². The average molecular weight is 463 g/mol. The first-order valence-corrected chi connectivity index (χ1v) is 11.0. The molecule has 178 valence electrons. The van der Waals surface area contributed by atoms with Gasteiger partial charge in [0, 0.05) is 17.5 Å². The van der Waals surface area contributed by atoms with E-state index in [9.17, 15) is 14.4 Å². The molecule has 0 unspecified atom stereocenters. The van der Waals surface area contributed by atoms with Gasteiger partial charge in [0.05, 0.1) is 30.3 Å². The minimum absolute atomic E-state index is 0.194. The second-order valence-electron chi connectivity index (χ2n) is 8.57. The van der Waals surface area contributed by atoms with Gasteiger partial charge < -0.3 is 19.5 Å². The van der Waals surface area contributed by atoms with Crippen molar-refractivity contribution in [1.29, 1.82) is 0 Å². The molecule has 1 aliphatic rings. The van der Waals surface area contributed by atoms with Gasteiger partial charge in [0.1, 0.15) is 5.60 Å². The zero-order valence-corrected chi connectivity index (χ0v) is 20.4. The molecule has 0 radical (unpaired) electrons. The molecule has 0 amide bonds. The number of allylic oxidation sites excluding steroid dienone is 2. The standard InChI is InChI=1S/C26H33NO6/c1-8-31-24(29)21-16(3)27-17(4)22(25(30)32-9-2)23(21)19-13-11-10-12-18(19)14-15-20(28)33-26(5,6)7/h10-15,23,27H,8-9H2,1-7H3/i3+1,4+1,16+1,17+1,21+1,22+1,24+1,25+1. The summed E-state index contributed by atoms with van der Waals surface area (Å²) in [5.74, 6) is -2.26. The lowest BCUT2D eigenvalue weighted by molar-refractivity contribution is -0.148. The quantitative estimate of drug-likeness (QED) is 0.277. The van der Waals surface area contributed by atoms with Gasteiger partial charge in [-0.2, -0.15) is 0 Å². The first kappa shape index (κ1) is 25.9. The zero-order valence-electron chi connectivity index (χ0n) is 20.4. The Bertz CT molecular complexity index is 970. The molecule has 1 heterocycles. The second kappa shape index (κ2) is 11.0. The molecule has 0 spiro atoms. The van der Waals surface area contributed by atoms with E-state index < -0.39 is 29.4 Å². The van der Waals surface area contributed by atoms with Gasteiger partial charge in [-0.1, -0.05) is 24.3 Å². The summed E-state index contributed by atoms with van der Waals surface area (Å²) >= 11 is 0. The number of esters is 3. The van der Waals surface area contributed by atoms with E-state index in [-0.39, 0.29) is 13.2 Å². The maximum atomic E-state index is 13.0. The molecule has 0 saturated heterocycles. The van der Waals surface area contributed by atoms with Crippen molar-refractivity contribution in [2.24, 2.45) is 0 Å². The fourth-order valence-electron chi connectivity index (χ4n) is 3.68. The summed E-state index contributed by atoms with van der Waals surface area (Å²) in [6.07, 6.45) is 2.97. The SMILES string of the molecule is CCO[13C](=O)[13C]1=[13C]([13CH3])N[13C]([13CH3])=[13C]([13C](=O)OCC)C1c1ccccc1C=CC(=O)OC(C)(C)C. The summed E-state index contributed by atoms with van der Waals surface area (Å²) in [4.78, 5) is 38.2. The maximum absolute atomic E-state index is 13.0. The van der Waals surface area contributed by atoms with Crippen molar-refractivity contribution in [3.8, 4) is 0 Å². The molecular weight excluding hydrogens is 430 g/mol. The van der Waals surface area contributed by atoms with Crippen LogP contribution in [-0.4, -0.2) is 36.7 Å². The molecule has 7 nitrogen and oxygen atoms in total. The Kier molecular flexibility index (Phi) is 8.63. The molecular formula is C26H33NO6. The van der Waals surface area contributed by atoms with Crippen molar-refractivity contribution in [1.82, 2.24) is 5.32 Å². The molecule has 1 aliphatic heterocycles. The van der Waals surface area contributed by atoms with Crippen LogP contribution in [0, 0.1) is 0 Å². The van der Waals surface area contributed by atoms with Crippen molar-refractivity contribution >= 4 is 24.0 Å². The van der Waals surface area contributed by atoms with E-state index in [1.807, 2.05) is 24.3 Å². The van der Waals surface area contributed by atoms with E-state index in [1.54, 1.807) is 54.5 Å². The van der Waals surface area contributed by atoms with E-state index in [0.717, 1.165) is 0 Å². The number of dihydropyridines is 1. The number of ether oxygens (including phenoxy) is 3. The van der Waals surface area contributed by atoms with Gasteiger partial charge in [-0.05, 0) is 65.7 Å². The Labute approximate surface area is 195 Å². The van der Waals surface area contributed by atoms with E-state index in [1.165, 1.54) is 6.08 Å². The highest BCUT2D eigenvalue weighted by molar-refractivity contribution is 6.00. The van der Waals surface area contributed by atoms with E-state index >= 15 is 0 Å². The topological polar surface area (TPSA) is 90.9 Å². The lowest BCUT2D eigenvalue weighted by Crippen LogP contribution is -2.32. The highest BCUT2D eigenvalue weighted by atomic mass is 16.6. The van der Waals surface area contributed by atoms with Crippen LogP contribution in [0.4, 0.5) is 0 Å². The van der Waals surface area contributed by atoms with Crippen molar-refractivity contribution in [2.45, 2.75) is 60.0 Å². The van der Waals surface area contributed by atoms with Crippen LogP contribution >= 0.6 is 0 Å². The molecule has 7 heteroatoms. The average Bonchev–Trinajstić information content (AvgIpc) is 2.71. The molecule has 1 N–H and O–H groups in total. The predicted octanol–water partition coefficient (Wildman–Crippen LogP) is 4.40. The number of hydrogen-bond acceptors (Lipinski definition) is 7. The molecule has 0 bridgehead atoms. The van der Waals surface area contributed by atoms with Gasteiger partial charge in [-0.15, -0.1) is 0 Å². The number of benzene rings is 1. The minimum Gasteiger partial charge on any atom is -0.463 e. The Hall–Kier alpha value is -3.35. The number of nitrogens with one attached hydrogen (secondary N) is 1. The van der Waals surface area contributed by atoms with E-state index in [2.05, 4.69) is 5.32 Å². The van der Waals surface area contributed by atoms with Crippen LogP contribution in [-0.2, 0) is 28.6 Å². The summed E-state index contributed by atoms with van der Waals surface area (Å²) in [6, 6.07) is 7.27. The number of carbonyl (C=O) groups excluding carboxylic acids is 3. The fraction of sp³-hybridized carbons (Fsp3) is 0.423. The van der Waals surface area contributed by atoms with Crippen LogP contribution in [0.3, 0.4) is 0 Å². The van der Waals surface area contributed by atoms with Crippen LogP contribution in [0.25, 0.3) is 6.08 Å². The third kappa shape index (κ3) is 6.57. The molecule has 1 aromatic rings. The Morgan fingerprint density at radius 1 is 0.939 bits per heavy atom. The van der Waals surface area contributed by atoms with Gasteiger partial charge in [0.2, 0.25) is 0 Å². The van der Waals surface area contributed by atoms with Crippen molar-refractivity contribution in [3.63, 3.8) is 0 Å². The normalized spacial score (nSPS) is 14.9. The van der Waals surface area contributed by atoms with Crippen molar-refractivity contribution in [2.75, 3.05) is 13.2 Å². The lowest BCUT2D eigenvalue weighted by Gasteiger charge is -2.31. The molecule has 0 saturated carbocycles. The molecule has 0 aliphatic carbocycles. The fourth-order valence-corrected chi connectivity index (χ4v) is 3.68. The molecule has 0 fully saturated rings. The monoisotopic (exact) mass is 463 g/mol. The summed E-state index contributed by atoms with van der Waals surface area (Å²) in [7, 11) is 0. The first-order valence-electron chi connectivity index (χ1n) is 11.0. The summed E-state index contributed by atoms with van der Waals surface area (Å²) < 4.78 is 16.0. The first-order chi connectivity index (χ1) is 15.5. The predicted molar refractivity (Wildman–Crippen MR) is 126 cm³/mol. The number of carbonyl (C=O) groups is 3. The molecule has 1 aromatic carbocycles. The lowest BCUT2D eigenvalue weighted by atomic mass is 10.0. The minimum atomic E-state index is -0.733. The van der Waals surface area contributed by atoms with Crippen LogP contribution in [0.1, 0.15) is 65.5 Å². The Balaban J connectivity index is 2.65. The van der Waals surface area contributed by atoms with Crippen molar-refractivity contribution < 1.29 is 28.6 Å². The smallest absolute Gasteiger partial charge is 0.336 e. The largest absolute Gasteiger partial charge is 0.463 e. The van der Waals surface area contributed by atoms with Gasteiger partial charge >= 0.3 is 17.9 Å². The molecule has 2 rings (SSSR count). The van der Waals surface area contributed by atoms with E-state index in [4.69, 9.17) is 14.2 Å². The third-order valence-electron chi connectivity index (χ3n) is 4.86. The van der Waals surface area contributed by atoms with Gasteiger partial charge in [-0.3, -0.25) is 0 Å². The number of rotatable bonds is 7. The van der Waals surface area contributed by atoms with Gasteiger partial charge in [-0.25, -0.2) is 14.4 Å². The second-order valence-corrected chi connectivity index (χ2v) is 8.57. The Morgan fingerprint density at radius 3 is 1.94 bits per heavy atom. The zero-order chi connectivity index (χ0) is 24.8. The molecule has 0 aromatic heterocycles. The molecule has 0 atom stereocenters. The van der Waals surface area contributed by atoms with Crippen LogP contribution in [0.15, 0.2) is 52.9 Å². The van der Waals surface area contributed by atoms with Crippen LogP contribution in [0.2, 0.25) is 0 Å². The van der Waals surface area contributed by atoms with Crippen LogP contribution < -0.4 is 5.32 Å². The Morgan fingerprint density at radius 2 is 1.45 bits per heavy atom. The number of hydrogen-bond donors (Lipinski definition) is 1. The van der Waals surface area contributed by atoms with Gasteiger partial charge in [0.15, 0.2) is 0 Å². The summed E-state index contributed by atoms with van der Waals surface area (Å²) in [5, 5.41) is 3.12. The highest BCUT2D eigenvalue weighted by Gasteiger charge is 2.38. The van der Waals surface area contributed by atoms with Crippen molar-refractivity contribution in [3.05, 3.63) is 64.0 Å². The summed E-state index contributed by atoms with van der Waals surface area (Å²) in [6.45, 7) is 12.8.